The van der Waals surface area contributed by atoms with Crippen LogP contribution in [0.1, 0.15) is 37.3 Å². The van der Waals surface area contributed by atoms with Crippen molar-refractivity contribution >= 4 is 10.0 Å². The molecule has 0 saturated carbocycles. The topological polar surface area (TPSA) is 79.2 Å². The fraction of sp³-hybridized carbons (Fsp3) is 0.381. The summed E-state index contributed by atoms with van der Waals surface area (Å²) in [6.45, 7) is 4.26. The molecule has 1 N–H and O–H groups in total. The summed E-state index contributed by atoms with van der Waals surface area (Å²) in [5.74, 6) is -0.545. The number of hydrogen-bond donors (Lipinski definition) is 1. The van der Waals surface area contributed by atoms with Crippen molar-refractivity contribution in [2.75, 3.05) is 13.2 Å². The number of sulfonamides is 1. The average molecular weight is 402 g/mol. The van der Waals surface area contributed by atoms with Crippen LogP contribution in [0.25, 0.3) is 11.1 Å². The van der Waals surface area contributed by atoms with E-state index in [2.05, 4.69) is 4.72 Å². The fourth-order valence-corrected chi connectivity index (χ4v) is 4.30. The molecule has 2 aromatic carbocycles. The largest absolute Gasteiger partial charge is 0.381 e. The van der Waals surface area contributed by atoms with E-state index in [9.17, 15) is 18.1 Å². The van der Waals surface area contributed by atoms with Crippen LogP contribution in [-0.4, -0.2) is 32.9 Å². The Balaban J connectivity index is 1.86. The smallest absolute Gasteiger partial charge is 0.214 e. The van der Waals surface area contributed by atoms with E-state index in [0.717, 1.165) is 11.1 Å². The normalized spacial score (nSPS) is 20.1. The van der Waals surface area contributed by atoms with Gasteiger partial charge in [0.2, 0.25) is 10.0 Å². The van der Waals surface area contributed by atoms with Gasteiger partial charge >= 0.3 is 0 Å². The summed E-state index contributed by atoms with van der Waals surface area (Å²) >= 11 is 0. The van der Waals surface area contributed by atoms with Gasteiger partial charge in [0, 0.05) is 18.6 Å². The van der Waals surface area contributed by atoms with Gasteiger partial charge in [0.25, 0.3) is 0 Å². The van der Waals surface area contributed by atoms with Crippen molar-refractivity contribution < 1.29 is 17.5 Å². The summed E-state index contributed by atoms with van der Waals surface area (Å²) in [6, 6.07) is 13.5. The molecule has 0 amide bonds. The first-order valence-corrected chi connectivity index (χ1v) is 10.8. The first-order valence-electron chi connectivity index (χ1n) is 9.20. The molecule has 0 radical (unpaired) electrons. The van der Waals surface area contributed by atoms with Crippen LogP contribution in [0.15, 0.2) is 42.5 Å². The summed E-state index contributed by atoms with van der Waals surface area (Å²) in [4.78, 5) is 0. The van der Waals surface area contributed by atoms with Crippen molar-refractivity contribution in [2.24, 2.45) is 0 Å². The minimum absolute atomic E-state index is 0.0972. The lowest BCUT2D eigenvalue weighted by molar-refractivity contribution is 0.0653. The lowest BCUT2D eigenvalue weighted by Crippen LogP contribution is -2.46. The first kappa shape index (κ1) is 20.5. The average Bonchev–Trinajstić information content (AvgIpc) is 2.68. The van der Waals surface area contributed by atoms with Crippen LogP contribution < -0.4 is 4.72 Å². The van der Waals surface area contributed by atoms with Gasteiger partial charge in [-0.1, -0.05) is 30.3 Å². The molecule has 0 aromatic heterocycles. The maximum absolute atomic E-state index is 13.4. The quantitative estimate of drug-likeness (QED) is 0.829. The standard InChI is InChI=1S/C21H23FN2O3S/c1-14(2)28(25,26)24-21-9-10-27-13-20(21)16-5-3-15(4-6-16)19-8-7-18(22)11-17(19)12-23/h3-8,11,14,20-21,24H,9-10,13H2,1-2H3/t20-,21-/m0/s1. The third-order valence-corrected chi connectivity index (χ3v) is 6.92. The van der Waals surface area contributed by atoms with E-state index in [-0.39, 0.29) is 17.5 Å². The predicted octanol–water partition coefficient (Wildman–Crippen LogP) is 3.56. The molecular formula is C21H23FN2O3S. The Labute approximate surface area is 165 Å². The molecule has 148 valence electrons. The van der Waals surface area contributed by atoms with Gasteiger partial charge in [0.15, 0.2) is 0 Å². The Kier molecular flexibility index (Phi) is 6.14. The monoisotopic (exact) mass is 402 g/mol. The number of benzene rings is 2. The number of nitrogens with zero attached hydrogens (tertiary/aromatic N) is 1. The van der Waals surface area contributed by atoms with Gasteiger partial charge < -0.3 is 4.74 Å². The van der Waals surface area contributed by atoms with Crippen molar-refractivity contribution in [3.63, 3.8) is 0 Å². The van der Waals surface area contributed by atoms with Gasteiger partial charge in [-0.15, -0.1) is 0 Å². The molecule has 1 aliphatic rings. The third-order valence-electron chi connectivity index (χ3n) is 5.04. The second kappa shape index (κ2) is 8.39. The number of rotatable bonds is 5. The highest BCUT2D eigenvalue weighted by atomic mass is 32.2. The summed E-state index contributed by atoms with van der Waals surface area (Å²) in [5.41, 5.74) is 2.69. The maximum Gasteiger partial charge on any atom is 0.214 e. The van der Waals surface area contributed by atoms with Crippen LogP contribution in [-0.2, 0) is 14.8 Å². The Morgan fingerprint density at radius 1 is 1.21 bits per heavy atom. The molecule has 1 fully saturated rings. The zero-order chi connectivity index (χ0) is 20.3. The lowest BCUT2D eigenvalue weighted by Gasteiger charge is -2.33. The highest BCUT2D eigenvalue weighted by Gasteiger charge is 2.31. The Morgan fingerprint density at radius 2 is 1.93 bits per heavy atom. The van der Waals surface area contributed by atoms with Crippen molar-refractivity contribution in [1.29, 1.82) is 5.26 Å². The van der Waals surface area contributed by atoms with Gasteiger partial charge in [-0.2, -0.15) is 5.26 Å². The molecule has 3 rings (SSSR count). The Morgan fingerprint density at radius 3 is 2.57 bits per heavy atom. The van der Waals surface area contributed by atoms with Crippen molar-refractivity contribution in [3.8, 4) is 17.2 Å². The Bertz CT molecular complexity index is 982. The van der Waals surface area contributed by atoms with Gasteiger partial charge in [-0.25, -0.2) is 17.5 Å². The summed E-state index contributed by atoms with van der Waals surface area (Å²) in [6.07, 6.45) is 0.606. The fourth-order valence-electron chi connectivity index (χ4n) is 3.33. The van der Waals surface area contributed by atoms with E-state index in [0.29, 0.717) is 25.2 Å². The molecule has 0 aliphatic carbocycles. The van der Waals surface area contributed by atoms with Crippen LogP contribution in [0.3, 0.4) is 0 Å². The molecule has 28 heavy (non-hydrogen) atoms. The van der Waals surface area contributed by atoms with E-state index >= 15 is 0 Å². The number of hydrogen-bond acceptors (Lipinski definition) is 4. The number of ether oxygens (including phenoxy) is 1. The second-order valence-corrected chi connectivity index (χ2v) is 9.48. The van der Waals surface area contributed by atoms with Gasteiger partial charge in [-0.05, 0) is 49.1 Å². The van der Waals surface area contributed by atoms with E-state index in [4.69, 9.17) is 4.74 Å². The maximum atomic E-state index is 13.4. The first-order chi connectivity index (χ1) is 13.3. The number of nitriles is 1. The van der Waals surface area contributed by atoms with Crippen molar-refractivity contribution in [2.45, 2.75) is 37.5 Å². The zero-order valence-corrected chi connectivity index (χ0v) is 16.7. The minimum Gasteiger partial charge on any atom is -0.381 e. The highest BCUT2D eigenvalue weighted by Crippen LogP contribution is 2.30. The molecule has 1 heterocycles. The molecule has 1 saturated heterocycles. The second-order valence-electron chi connectivity index (χ2n) is 7.21. The van der Waals surface area contributed by atoms with E-state index < -0.39 is 21.1 Å². The predicted molar refractivity (Wildman–Crippen MR) is 106 cm³/mol. The number of nitrogens with one attached hydrogen (secondary N) is 1. The van der Waals surface area contributed by atoms with Crippen LogP contribution in [0.2, 0.25) is 0 Å². The molecule has 2 aromatic rings. The molecule has 2 atom stereocenters. The highest BCUT2D eigenvalue weighted by molar-refractivity contribution is 7.90. The van der Waals surface area contributed by atoms with E-state index in [1.807, 2.05) is 30.3 Å². The lowest BCUT2D eigenvalue weighted by atomic mass is 9.88. The van der Waals surface area contributed by atoms with Crippen LogP contribution in [0.4, 0.5) is 4.39 Å². The summed E-state index contributed by atoms with van der Waals surface area (Å²) in [5, 5.41) is 8.75. The van der Waals surface area contributed by atoms with E-state index in [1.54, 1.807) is 19.9 Å². The van der Waals surface area contributed by atoms with Gasteiger partial charge in [-0.3, -0.25) is 0 Å². The molecule has 1 aliphatic heterocycles. The zero-order valence-electron chi connectivity index (χ0n) is 15.9. The van der Waals surface area contributed by atoms with Gasteiger partial charge in [0.05, 0.1) is 23.5 Å². The minimum atomic E-state index is -3.38. The van der Waals surface area contributed by atoms with Crippen LogP contribution in [0.5, 0.6) is 0 Å². The SMILES string of the molecule is CC(C)S(=O)(=O)N[C@H]1CCOC[C@H]1c1ccc(-c2ccc(F)cc2C#N)cc1. The van der Waals surface area contributed by atoms with Crippen molar-refractivity contribution in [3.05, 3.63) is 59.4 Å². The molecular weight excluding hydrogens is 379 g/mol. The van der Waals surface area contributed by atoms with Crippen LogP contribution >= 0.6 is 0 Å². The van der Waals surface area contributed by atoms with Gasteiger partial charge in [0.1, 0.15) is 5.82 Å². The summed E-state index contributed by atoms with van der Waals surface area (Å²) in [7, 11) is -3.38. The molecule has 0 bridgehead atoms. The van der Waals surface area contributed by atoms with E-state index in [1.165, 1.54) is 12.1 Å². The third kappa shape index (κ3) is 4.41. The Hall–Kier alpha value is -2.27. The number of halogens is 1. The molecule has 7 heteroatoms. The molecule has 5 nitrogen and oxygen atoms in total. The molecule has 0 spiro atoms. The summed E-state index contributed by atoms with van der Waals surface area (Å²) < 4.78 is 46.4. The molecule has 0 unspecified atom stereocenters. The van der Waals surface area contributed by atoms with Crippen molar-refractivity contribution in [1.82, 2.24) is 4.72 Å². The van der Waals surface area contributed by atoms with Crippen LogP contribution in [0, 0.1) is 17.1 Å².